The molecule has 1 unspecified atom stereocenters. The Kier molecular flexibility index (Phi) is 6.95. The first kappa shape index (κ1) is 23.2. The molecule has 0 bridgehead atoms. The van der Waals surface area contributed by atoms with Gasteiger partial charge in [0, 0.05) is 36.9 Å². The van der Waals surface area contributed by atoms with Crippen molar-refractivity contribution in [3.8, 4) is 0 Å². The van der Waals surface area contributed by atoms with Gasteiger partial charge in [-0.2, -0.15) is 0 Å². The van der Waals surface area contributed by atoms with Crippen LogP contribution in [0.25, 0.3) is 0 Å². The fourth-order valence-electron chi connectivity index (χ4n) is 4.41. The minimum absolute atomic E-state index is 0.0247. The van der Waals surface area contributed by atoms with Crippen molar-refractivity contribution in [3.63, 3.8) is 0 Å². The molecular weight excluding hydrogens is 442 g/mol. The minimum Gasteiger partial charge on any atom is -0.350 e. The second-order valence-electron chi connectivity index (χ2n) is 8.73. The van der Waals surface area contributed by atoms with E-state index in [0.717, 1.165) is 31.2 Å². The van der Waals surface area contributed by atoms with Crippen molar-refractivity contribution in [3.05, 3.63) is 64.4 Å². The maximum atomic E-state index is 13.4. The fraction of sp³-hybridized carbons (Fsp3) is 0.417. The standard InChI is InChI=1S/C24H28ClN5O3/c1-15-2-4-16(5-3-15)23(32)29-12-13-30(24(33)17-6-11-20(25)27-14-17)22(29)21(31)28-19-9-7-18(26)8-10-19/h2-6,11,14,18-19,22H,7-10,12-13,26H2,1H3,(H,28,31). The Balaban J connectivity index is 1.59. The molecular formula is C24H28ClN5O3. The quantitative estimate of drug-likeness (QED) is 0.668. The Morgan fingerprint density at radius 1 is 0.939 bits per heavy atom. The third kappa shape index (κ3) is 5.17. The average Bonchev–Trinajstić information content (AvgIpc) is 3.26. The van der Waals surface area contributed by atoms with Gasteiger partial charge >= 0.3 is 0 Å². The molecule has 0 radical (unpaired) electrons. The molecule has 2 heterocycles. The van der Waals surface area contributed by atoms with Crippen LogP contribution in [0.5, 0.6) is 0 Å². The molecule has 8 nitrogen and oxygen atoms in total. The summed E-state index contributed by atoms with van der Waals surface area (Å²) in [6.45, 7) is 2.44. The number of benzene rings is 1. The summed E-state index contributed by atoms with van der Waals surface area (Å²) in [6.07, 6.45) is 3.56. The van der Waals surface area contributed by atoms with Crippen LogP contribution in [-0.4, -0.2) is 63.8 Å². The number of aryl methyl sites for hydroxylation is 1. The molecule has 1 aliphatic carbocycles. The number of nitrogens with one attached hydrogen (secondary N) is 1. The monoisotopic (exact) mass is 469 g/mol. The molecule has 1 aromatic heterocycles. The van der Waals surface area contributed by atoms with Gasteiger partial charge in [-0.05, 0) is 56.9 Å². The average molecular weight is 470 g/mol. The second kappa shape index (κ2) is 9.89. The molecule has 1 aromatic carbocycles. The molecule has 174 valence electrons. The molecule has 0 spiro atoms. The van der Waals surface area contributed by atoms with Crippen LogP contribution >= 0.6 is 11.6 Å². The van der Waals surface area contributed by atoms with Crippen LogP contribution < -0.4 is 11.1 Å². The summed E-state index contributed by atoms with van der Waals surface area (Å²) in [6, 6.07) is 10.4. The Morgan fingerprint density at radius 2 is 1.52 bits per heavy atom. The van der Waals surface area contributed by atoms with E-state index in [4.69, 9.17) is 17.3 Å². The van der Waals surface area contributed by atoms with E-state index >= 15 is 0 Å². The summed E-state index contributed by atoms with van der Waals surface area (Å²) in [4.78, 5) is 46.9. The van der Waals surface area contributed by atoms with Gasteiger partial charge in [-0.3, -0.25) is 14.4 Å². The maximum absolute atomic E-state index is 13.4. The molecule has 33 heavy (non-hydrogen) atoms. The van der Waals surface area contributed by atoms with E-state index in [1.807, 2.05) is 19.1 Å². The number of pyridine rings is 1. The number of nitrogens with two attached hydrogens (primary N) is 1. The van der Waals surface area contributed by atoms with E-state index in [9.17, 15) is 14.4 Å². The molecule has 1 atom stereocenters. The zero-order valence-corrected chi connectivity index (χ0v) is 19.3. The van der Waals surface area contributed by atoms with E-state index in [0.29, 0.717) is 11.1 Å². The minimum atomic E-state index is -1.04. The number of hydrogen-bond acceptors (Lipinski definition) is 5. The highest BCUT2D eigenvalue weighted by Gasteiger charge is 2.43. The Hall–Kier alpha value is -2.97. The van der Waals surface area contributed by atoms with Crippen molar-refractivity contribution in [2.24, 2.45) is 5.73 Å². The van der Waals surface area contributed by atoms with Crippen LogP contribution in [0.3, 0.4) is 0 Å². The van der Waals surface area contributed by atoms with Gasteiger partial charge in [-0.25, -0.2) is 4.98 Å². The lowest BCUT2D eigenvalue weighted by Crippen LogP contribution is -2.56. The predicted molar refractivity (Wildman–Crippen MR) is 125 cm³/mol. The van der Waals surface area contributed by atoms with Crippen LogP contribution in [0.4, 0.5) is 0 Å². The van der Waals surface area contributed by atoms with Crippen LogP contribution in [0.15, 0.2) is 42.6 Å². The number of carbonyl (C=O) groups excluding carboxylic acids is 3. The molecule has 1 aliphatic heterocycles. The lowest BCUT2D eigenvalue weighted by atomic mass is 9.92. The summed E-state index contributed by atoms with van der Waals surface area (Å²) in [5.74, 6) is -1.02. The van der Waals surface area contributed by atoms with E-state index < -0.39 is 6.17 Å². The molecule has 9 heteroatoms. The van der Waals surface area contributed by atoms with Crippen molar-refractivity contribution in [2.75, 3.05) is 13.1 Å². The summed E-state index contributed by atoms with van der Waals surface area (Å²) in [5, 5.41) is 3.33. The van der Waals surface area contributed by atoms with E-state index in [1.54, 1.807) is 18.2 Å². The van der Waals surface area contributed by atoms with Gasteiger partial charge in [-0.1, -0.05) is 29.3 Å². The molecule has 1 saturated heterocycles. The summed E-state index contributed by atoms with van der Waals surface area (Å²) in [7, 11) is 0. The Labute approximate surface area is 198 Å². The van der Waals surface area contributed by atoms with Gasteiger partial charge in [0.2, 0.25) is 0 Å². The highest BCUT2D eigenvalue weighted by atomic mass is 35.5. The van der Waals surface area contributed by atoms with Crippen LogP contribution in [-0.2, 0) is 4.79 Å². The summed E-state index contributed by atoms with van der Waals surface area (Å²) < 4.78 is 0. The summed E-state index contributed by atoms with van der Waals surface area (Å²) in [5.41, 5.74) is 7.81. The number of amides is 3. The highest BCUT2D eigenvalue weighted by molar-refractivity contribution is 6.29. The van der Waals surface area contributed by atoms with Crippen molar-refractivity contribution < 1.29 is 14.4 Å². The van der Waals surface area contributed by atoms with Crippen LogP contribution in [0.1, 0.15) is 52.0 Å². The molecule has 2 fully saturated rings. The number of aromatic nitrogens is 1. The van der Waals surface area contributed by atoms with Gasteiger partial charge < -0.3 is 20.9 Å². The topological polar surface area (TPSA) is 109 Å². The number of rotatable bonds is 4. The van der Waals surface area contributed by atoms with E-state index in [-0.39, 0.29) is 48.0 Å². The highest BCUT2D eigenvalue weighted by Crippen LogP contribution is 2.23. The Bertz CT molecular complexity index is 954. The second-order valence-corrected chi connectivity index (χ2v) is 9.11. The molecule has 4 rings (SSSR count). The van der Waals surface area contributed by atoms with Gasteiger partial charge in [0.15, 0.2) is 6.17 Å². The fourth-order valence-corrected chi connectivity index (χ4v) is 4.52. The molecule has 2 aromatic rings. The first-order chi connectivity index (χ1) is 15.8. The first-order valence-electron chi connectivity index (χ1n) is 11.2. The maximum Gasteiger partial charge on any atom is 0.264 e. The van der Waals surface area contributed by atoms with Gasteiger partial charge in [0.05, 0.1) is 5.56 Å². The molecule has 2 aliphatic rings. The van der Waals surface area contributed by atoms with Gasteiger partial charge in [0.1, 0.15) is 5.15 Å². The Morgan fingerprint density at radius 3 is 2.09 bits per heavy atom. The normalized spacial score (nSPS) is 22.8. The van der Waals surface area contributed by atoms with Gasteiger partial charge in [-0.15, -0.1) is 0 Å². The van der Waals surface area contributed by atoms with Gasteiger partial charge in [0.25, 0.3) is 17.7 Å². The van der Waals surface area contributed by atoms with Crippen molar-refractivity contribution >= 4 is 29.3 Å². The van der Waals surface area contributed by atoms with Crippen LogP contribution in [0, 0.1) is 6.92 Å². The van der Waals surface area contributed by atoms with Crippen molar-refractivity contribution in [1.82, 2.24) is 20.1 Å². The number of carbonyl (C=O) groups is 3. The third-order valence-corrected chi connectivity index (χ3v) is 6.54. The molecule has 3 amide bonds. The SMILES string of the molecule is Cc1ccc(C(=O)N2CCN(C(=O)c3ccc(Cl)nc3)C2C(=O)NC2CCC(N)CC2)cc1. The van der Waals surface area contributed by atoms with Crippen molar-refractivity contribution in [2.45, 2.75) is 50.9 Å². The van der Waals surface area contributed by atoms with E-state index in [1.165, 1.54) is 22.1 Å². The first-order valence-corrected chi connectivity index (χ1v) is 11.6. The third-order valence-electron chi connectivity index (χ3n) is 6.32. The lowest BCUT2D eigenvalue weighted by molar-refractivity contribution is -0.129. The van der Waals surface area contributed by atoms with Crippen molar-refractivity contribution in [1.29, 1.82) is 0 Å². The number of halogens is 1. The van der Waals surface area contributed by atoms with Crippen LogP contribution in [0.2, 0.25) is 5.15 Å². The van der Waals surface area contributed by atoms with E-state index in [2.05, 4.69) is 10.3 Å². The smallest absolute Gasteiger partial charge is 0.264 e. The largest absolute Gasteiger partial charge is 0.350 e. The molecule has 3 N–H and O–H groups in total. The number of hydrogen-bond donors (Lipinski definition) is 2. The predicted octanol–water partition coefficient (Wildman–Crippen LogP) is 2.35. The zero-order chi connectivity index (χ0) is 23.5. The lowest BCUT2D eigenvalue weighted by Gasteiger charge is -2.32. The number of nitrogens with zero attached hydrogens (tertiary/aromatic N) is 3. The molecule has 1 saturated carbocycles. The summed E-state index contributed by atoms with van der Waals surface area (Å²) >= 11 is 5.86. The zero-order valence-electron chi connectivity index (χ0n) is 18.5.